The predicted octanol–water partition coefficient (Wildman–Crippen LogP) is 3.29. The number of benzene rings is 2. The van der Waals surface area contributed by atoms with Crippen molar-refractivity contribution in [1.29, 1.82) is 0 Å². The molecule has 0 spiro atoms. The Morgan fingerprint density at radius 3 is 2.47 bits per heavy atom. The monoisotopic (exact) mass is 257 g/mol. The number of methoxy groups -OCH3 is 1. The number of hydrogen-bond donors (Lipinski definition) is 1. The molecule has 0 aliphatic heterocycles. The second-order valence-corrected chi connectivity index (χ2v) is 4.47. The van der Waals surface area contributed by atoms with Crippen molar-refractivity contribution in [3.8, 4) is 11.5 Å². The van der Waals surface area contributed by atoms with Gasteiger partial charge in [0, 0.05) is 11.6 Å². The van der Waals surface area contributed by atoms with E-state index in [1.165, 1.54) is 0 Å². The van der Waals surface area contributed by atoms with Gasteiger partial charge in [0.25, 0.3) is 0 Å². The fourth-order valence-electron chi connectivity index (χ4n) is 1.88. The second-order valence-electron chi connectivity index (χ2n) is 4.47. The molecule has 1 atom stereocenters. The van der Waals surface area contributed by atoms with Crippen LogP contribution < -0.4 is 15.2 Å². The van der Waals surface area contributed by atoms with Crippen LogP contribution in [0.5, 0.6) is 11.5 Å². The number of hydrogen-bond acceptors (Lipinski definition) is 3. The van der Waals surface area contributed by atoms with Crippen LogP contribution >= 0.6 is 0 Å². The van der Waals surface area contributed by atoms with Crippen LogP contribution in [0.1, 0.15) is 24.1 Å². The molecule has 0 radical (unpaired) electrons. The van der Waals surface area contributed by atoms with E-state index in [1.54, 1.807) is 7.11 Å². The van der Waals surface area contributed by atoms with Crippen LogP contribution in [-0.4, -0.2) is 7.11 Å². The lowest BCUT2D eigenvalue weighted by molar-refractivity contribution is 0.300. The third-order valence-electron chi connectivity index (χ3n) is 2.94. The minimum Gasteiger partial charge on any atom is -0.497 e. The maximum atomic E-state index is 5.97. The first-order valence-electron chi connectivity index (χ1n) is 6.31. The third-order valence-corrected chi connectivity index (χ3v) is 2.94. The molecule has 0 fully saturated rings. The number of rotatable bonds is 5. The first kappa shape index (κ1) is 13.4. The minimum absolute atomic E-state index is 0.0964. The van der Waals surface area contributed by atoms with Gasteiger partial charge in [-0.2, -0.15) is 0 Å². The molecule has 0 aromatic heterocycles. The normalized spacial score (nSPS) is 11.9. The lowest BCUT2D eigenvalue weighted by Crippen LogP contribution is -2.08. The summed E-state index contributed by atoms with van der Waals surface area (Å²) in [5, 5.41) is 0. The third kappa shape index (κ3) is 3.48. The topological polar surface area (TPSA) is 44.5 Å². The van der Waals surface area contributed by atoms with Gasteiger partial charge in [-0.05, 0) is 30.7 Å². The molecule has 1 unspecified atom stereocenters. The predicted molar refractivity (Wildman–Crippen MR) is 76.4 cm³/mol. The Labute approximate surface area is 114 Å². The quantitative estimate of drug-likeness (QED) is 0.893. The molecule has 0 bridgehead atoms. The highest BCUT2D eigenvalue weighted by Gasteiger charge is 2.10. The van der Waals surface area contributed by atoms with Gasteiger partial charge in [-0.15, -0.1) is 0 Å². The SMILES string of the molecule is COc1ccc(OCc2ccccc2)c(C(C)N)c1. The van der Waals surface area contributed by atoms with Gasteiger partial charge in [0.05, 0.1) is 7.11 Å². The van der Waals surface area contributed by atoms with Crippen molar-refractivity contribution in [3.05, 3.63) is 59.7 Å². The smallest absolute Gasteiger partial charge is 0.124 e. The van der Waals surface area contributed by atoms with E-state index in [1.807, 2.05) is 55.5 Å². The second kappa shape index (κ2) is 6.25. The van der Waals surface area contributed by atoms with Crippen molar-refractivity contribution in [2.45, 2.75) is 19.6 Å². The molecular formula is C16H19NO2. The summed E-state index contributed by atoms with van der Waals surface area (Å²) < 4.78 is 11.1. The van der Waals surface area contributed by atoms with Crippen molar-refractivity contribution in [2.75, 3.05) is 7.11 Å². The first-order chi connectivity index (χ1) is 9.20. The van der Waals surface area contributed by atoms with Gasteiger partial charge in [0.1, 0.15) is 18.1 Å². The maximum Gasteiger partial charge on any atom is 0.124 e. The first-order valence-corrected chi connectivity index (χ1v) is 6.31. The zero-order valence-corrected chi connectivity index (χ0v) is 11.3. The molecule has 2 N–H and O–H groups in total. The summed E-state index contributed by atoms with van der Waals surface area (Å²) in [5.74, 6) is 1.60. The molecule has 0 saturated heterocycles. The Bertz CT molecular complexity index is 524. The fraction of sp³-hybridized carbons (Fsp3) is 0.250. The fourth-order valence-corrected chi connectivity index (χ4v) is 1.88. The molecule has 100 valence electrons. The Kier molecular flexibility index (Phi) is 4.42. The zero-order valence-electron chi connectivity index (χ0n) is 11.3. The Morgan fingerprint density at radius 2 is 1.84 bits per heavy atom. The van der Waals surface area contributed by atoms with E-state index < -0.39 is 0 Å². The van der Waals surface area contributed by atoms with Crippen LogP contribution in [0.25, 0.3) is 0 Å². The molecule has 2 aromatic carbocycles. The molecule has 2 aromatic rings. The number of nitrogens with two attached hydrogens (primary N) is 1. The Balaban J connectivity index is 2.15. The van der Waals surface area contributed by atoms with Crippen LogP contribution in [-0.2, 0) is 6.61 Å². The highest BCUT2D eigenvalue weighted by atomic mass is 16.5. The van der Waals surface area contributed by atoms with E-state index >= 15 is 0 Å². The van der Waals surface area contributed by atoms with Crippen molar-refractivity contribution in [1.82, 2.24) is 0 Å². The molecular weight excluding hydrogens is 238 g/mol. The van der Waals surface area contributed by atoms with E-state index in [0.717, 1.165) is 22.6 Å². The average Bonchev–Trinajstić information content (AvgIpc) is 2.46. The lowest BCUT2D eigenvalue weighted by Gasteiger charge is -2.15. The molecule has 0 aliphatic rings. The highest BCUT2D eigenvalue weighted by Crippen LogP contribution is 2.28. The lowest BCUT2D eigenvalue weighted by atomic mass is 10.1. The molecule has 3 nitrogen and oxygen atoms in total. The summed E-state index contributed by atoms with van der Waals surface area (Å²) in [7, 11) is 1.64. The summed E-state index contributed by atoms with van der Waals surface area (Å²) in [5.41, 5.74) is 8.06. The highest BCUT2D eigenvalue weighted by molar-refractivity contribution is 5.42. The minimum atomic E-state index is -0.0964. The van der Waals surface area contributed by atoms with E-state index in [9.17, 15) is 0 Å². The molecule has 19 heavy (non-hydrogen) atoms. The summed E-state index contributed by atoms with van der Waals surface area (Å²) in [4.78, 5) is 0. The average molecular weight is 257 g/mol. The van der Waals surface area contributed by atoms with E-state index in [-0.39, 0.29) is 6.04 Å². The van der Waals surface area contributed by atoms with E-state index in [0.29, 0.717) is 6.61 Å². The molecule has 3 heteroatoms. The molecule has 2 rings (SSSR count). The Morgan fingerprint density at radius 1 is 1.11 bits per heavy atom. The standard InChI is InChI=1S/C16H19NO2/c1-12(17)15-10-14(18-2)8-9-16(15)19-11-13-6-4-3-5-7-13/h3-10,12H,11,17H2,1-2H3. The maximum absolute atomic E-state index is 5.97. The Hall–Kier alpha value is -2.00. The van der Waals surface area contributed by atoms with Crippen LogP contribution in [0.4, 0.5) is 0 Å². The van der Waals surface area contributed by atoms with Crippen LogP contribution in [0.2, 0.25) is 0 Å². The van der Waals surface area contributed by atoms with Crippen LogP contribution in [0.3, 0.4) is 0 Å². The van der Waals surface area contributed by atoms with Gasteiger partial charge in [-0.3, -0.25) is 0 Å². The van der Waals surface area contributed by atoms with Gasteiger partial charge >= 0.3 is 0 Å². The van der Waals surface area contributed by atoms with Crippen molar-refractivity contribution >= 4 is 0 Å². The molecule has 0 saturated carbocycles. The van der Waals surface area contributed by atoms with Gasteiger partial charge in [0.15, 0.2) is 0 Å². The van der Waals surface area contributed by atoms with Crippen molar-refractivity contribution in [3.63, 3.8) is 0 Å². The van der Waals surface area contributed by atoms with Crippen LogP contribution in [0.15, 0.2) is 48.5 Å². The summed E-state index contributed by atoms with van der Waals surface area (Å²) in [6.45, 7) is 2.47. The molecule has 0 heterocycles. The largest absolute Gasteiger partial charge is 0.497 e. The summed E-state index contributed by atoms with van der Waals surface area (Å²) >= 11 is 0. The van der Waals surface area contributed by atoms with E-state index in [4.69, 9.17) is 15.2 Å². The van der Waals surface area contributed by atoms with Gasteiger partial charge in [-0.1, -0.05) is 30.3 Å². The van der Waals surface area contributed by atoms with Gasteiger partial charge < -0.3 is 15.2 Å². The van der Waals surface area contributed by atoms with Gasteiger partial charge in [0.2, 0.25) is 0 Å². The van der Waals surface area contributed by atoms with Crippen molar-refractivity contribution < 1.29 is 9.47 Å². The molecule has 0 amide bonds. The van der Waals surface area contributed by atoms with Gasteiger partial charge in [-0.25, -0.2) is 0 Å². The zero-order chi connectivity index (χ0) is 13.7. The molecule has 0 aliphatic carbocycles. The summed E-state index contributed by atoms with van der Waals surface area (Å²) in [6, 6.07) is 15.7. The van der Waals surface area contributed by atoms with Crippen LogP contribution in [0, 0.1) is 0 Å². The van der Waals surface area contributed by atoms with E-state index in [2.05, 4.69) is 0 Å². The number of ether oxygens (including phenoxy) is 2. The summed E-state index contributed by atoms with van der Waals surface area (Å²) in [6.07, 6.45) is 0. The van der Waals surface area contributed by atoms with Crippen molar-refractivity contribution in [2.24, 2.45) is 5.73 Å².